The fourth-order valence-corrected chi connectivity index (χ4v) is 3.61. The lowest BCUT2D eigenvalue weighted by Crippen LogP contribution is -2.46. The number of nitrogens with one attached hydrogen (secondary N) is 1. The fourth-order valence-electron chi connectivity index (χ4n) is 3.09. The number of aromatic amines is 1. The molecule has 1 saturated heterocycles. The van der Waals surface area contributed by atoms with Gasteiger partial charge < -0.3 is 19.7 Å². The zero-order chi connectivity index (χ0) is 14.8. The number of fused-ring (bicyclic) bond motifs is 1. The van der Waals surface area contributed by atoms with Gasteiger partial charge in [-0.2, -0.15) is 0 Å². The van der Waals surface area contributed by atoms with Crippen LogP contribution in [0.15, 0.2) is 10.7 Å². The normalized spacial score (nSPS) is 20.6. The first-order valence-corrected chi connectivity index (χ1v) is 8.46. The minimum absolute atomic E-state index is 0.289. The summed E-state index contributed by atoms with van der Waals surface area (Å²) in [5.41, 5.74) is 2.52. The third-order valence-corrected chi connectivity index (χ3v) is 4.97. The third-order valence-electron chi connectivity index (χ3n) is 4.54. The molecule has 3 rings (SSSR count). The van der Waals surface area contributed by atoms with Gasteiger partial charge in [-0.3, -0.25) is 4.79 Å². The summed E-state index contributed by atoms with van der Waals surface area (Å²) >= 11 is 3.47. The van der Waals surface area contributed by atoms with Crippen molar-refractivity contribution in [3.63, 3.8) is 0 Å². The quantitative estimate of drug-likeness (QED) is 0.889. The number of hydrogen-bond acceptors (Lipinski definition) is 3. The van der Waals surface area contributed by atoms with Crippen molar-refractivity contribution in [3.8, 4) is 0 Å². The lowest BCUT2D eigenvalue weighted by molar-refractivity contribution is -0.132. The first-order valence-electron chi connectivity index (χ1n) is 7.67. The van der Waals surface area contributed by atoms with E-state index in [0.29, 0.717) is 6.42 Å². The first-order chi connectivity index (χ1) is 10.1. The Balaban J connectivity index is 1.48. The molecule has 1 aromatic heterocycles. The Bertz CT molecular complexity index is 508. The Kier molecular flexibility index (Phi) is 4.66. The molecule has 6 heteroatoms. The molecule has 3 heterocycles. The number of rotatable bonds is 3. The summed E-state index contributed by atoms with van der Waals surface area (Å²) in [5, 5.41) is 0. The number of H-pyrrole nitrogens is 1. The Hall–Kier alpha value is -0.850. The molecule has 0 spiro atoms. The van der Waals surface area contributed by atoms with Crippen LogP contribution in [0, 0.1) is 0 Å². The maximum absolute atomic E-state index is 12.4. The van der Waals surface area contributed by atoms with Crippen molar-refractivity contribution in [2.75, 3.05) is 46.3 Å². The van der Waals surface area contributed by atoms with Crippen molar-refractivity contribution < 1.29 is 4.79 Å². The number of carbonyl (C=O) groups is 1. The van der Waals surface area contributed by atoms with Gasteiger partial charge in [0.05, 0.1) is 4.60 Å². The number of aromatic nitrogens is 1. The molecule has 0 aromatic carbocycles. The molecule has 116 valence electrons. The van der Waals surface area contributed by atoms with Crippen molar-refractivity contribution in [1.82, 2.24) is 19.7 Å². The highest BCUT2D eigenvalue weighted by molar-refractivity contribution is 9.10. The fraction of sp³-hybridized carbons (Fsp3) is 0.667. The number of hydrogen-bond donors (Lipinski definition) is 1. The monoisotopic (exact) mass is 354 g/mol. The van der Waals surface area contributed by atoms with E-state index in [1.54, 1.807) is 0 Å². The van der Waals surface area contributed by atoms with Gasteiger partial charge in [0, 0.05) is 64.3 Å². The van der Waals surface area contributed by atoms with E-state index in [4.69, 9.17) is 0 Å². The Morgan fingerprint density at radius 1 is 1.29 bits per heavy atom. The van der Waals surface area contributed by atoms with Crippen molar-refractivity contribution in [2.24, 2.45) is 0 Å². The first kappa shape index (κ1) is 15.1. The van der Waals surface area contributed by atoms with Crippen LogP contribution in [0.1, 0.15) is 17.7 Å². The molecule has 1 amide bonds. The van der Waals surface area contributed by atoms with Crippen LogP contribution in [0.25, 0.3) is 0 Å². The molecule has 2 aliphatic heterocycles. The molecule has 1 N–H and O–H groups in total. The molecule has 2 aliphatic rings. The summed E-state index contributed by atoms with van der Waals surface area (Å²) < 4.78 is 1.01. The van der Waals surface area contributed by atoms with Gasteiger partial charge >= 0.3 is 0 Å². The molecule has 21 heavy (non-hydrogen) atoms. The highest BCUT2D eigenvalue weighted by Gasteiger charge is 2.23. The molecule has 5 nitrogen and oxygen atoms in total. The van der Waals surface area contributed by atoms with Gasteiger partial charge in [-0.05, 0) is 34.6 Å². The second-order valence-electron chi connectivity index (χ2n) is 6.08. The highest BCUT2D eigenvalue weighted by atomic mass is 79.9. The SMILES string of the molecule is CN1CCN(CCC(=O)N2CCc3[nH]c(Br)cc3C2)CC1. The predicted octanol–water partition coefficient (Wildman–Crippen LogP) is 1.30. The molecule has 0 unspecified atom stereocenters. The summed E-state index contributed by atoms with van der Waals surface area (Å²) in [6.07, 6.45) is 1.58. The van der Waals surface area contributed by atoms with Crippen LogP contribution in [0.5, 0.6) is 0 Å². The maximum Gasteiger partial charge on any atom is 0.224 e. The van der Waals surface area contributed by atoms with E-state index in [1.807, 2.05) is 4.90 Å². The Morgan fingerprint density at radius 2 is 2.05 bits per heavy atom. The maximum atomic E-state index is 12.4. The van der Waals surface area contributed by atoms with Crippen LogP contribution in [0.2, 0.25) is 0 Å². The summed E-state index contributed by atoms with van der Waals surface area (Å²) in [6.45, 7) is 6.86. The van der Waals surface area contributed by atoms with Crippen molar-refractivity contribution >= 4 is 21.8 Å². The van der Waals surface area contributed by atoms with Crippen LogP contribution in [0.4, 0.5) is 0 Å². The average molecular weight is 355 g/mol. The summed E-state index contributed by atoms with van der Waals surface area (Å²) in [7, 11) is 2.16. The van der Waals surface area contributed by atoms with E-state index in [9.17, 15) is 4.79 Å². The van der Waals surface area contributed by atoms with E-state index in [-0.39, 0.29) is 5.91 Å². The highest BCUT2D eigenvalue weighted by Crippen LogP contribution is 2.22. The topological polar surface area (TPSA) is 42.6 Å². The lowest BCUT2D eigenvalue weighted by Gasteiger charge is -2.33. The van der Waals surface area contributed by atoms with E-state index in [0.717, 1.165) is 56.8 Å². The van der Waals surface area contributed by atoms with Crippen LogP contribution >= 0.6 is 15.9 Å². The standard InChI is InChI=1S/C15H23BrN4O/c1-18-6-8-19(9-7-18)4-3-15(21)20-5-2-13-12(11-20)10-14(16)17-13/h10,17H,2-9,11H2,1H3. The van der Waals surface area contributed by atoms with Gasteiger partial charge in [-0.15, -0.1) is 0 Å². The Labute approximate surface area is 134 Å². The molecule has 1 aromatic rings. The zero-order valence-corrected chi connectivity index (χ0v) is 14.2. The summed E-state index contributed by atoms with van der Waals surface area (Å²) in [5.74, 6) is 0.289. The molecular weight excluding hydrogens is 332 g/mol. The van der Waals surface area contributed by atoms with E-state index >= 15 is 0 Å². The predicted molar refractivity (Wildman–Crippen MR) is 86.2 cm³/mol. The molecular formula is C15H23BrN4O. The van der Waals surface area contributed by atoms with Crippen molar-refractivity contribution in [3.05, 3.63) is 21.9 Å². The lowest BCUT2D eigenvalue weighted by atomic mass is 10.1. The molecule has 0 atom stereocenters. The Morgan fingerprint density at radius 3 is 2.81 bits per heavy atom. The molecule has 1 fully saturated rings. The van der Waals surface area contributed by atoms with Crippen LogP contribution in [-0.2, 0) is 17.8 Å². The summed E-state index contributed by atoms with van der Waals surface area (Å²) in [6, 6.07) is 2.09. The van der Waals surface area contributed by atoms with Crippen LogP contribution in [-0.4, -0.2) is 71.9 Å². The van der Waals surface area contributed by atoms with Crippen LogP contribution in [0.3, 0.4) is 0 Å². The van der Waals surface area contributed by atoms with Crippen LogP contribution < -0.4 is 0 Å². The van der Waals surface area contributed by atoms with Crippen molar-refractivity contribution in [1.29, 1.82) is 0 Å². The number of likely N-dealkylation sites (N-methyl/N-ethyl adjacent to an activating group) is 1. The molecule has 0 bridgehead atoms. The van der Waals surface area contributed by atoms with Gasteiger partial charge in [-0.1, -0.05) is 0 Å². The van der Waals surface area contributed by atoms with Gasteiger partial charge in [0.2, 0.25) is 5.91 Å². The number of nitrogens with zero attached hydrogens (tertiary/aromatic N) is 3. The second-order valence-corrected chi connectivity index (χ2v) is 6.94. The third kappa shape index (κ3) is 3.67. The van der Waals surface area contributed by atoms with Gasteiger partial charge in [-0.25, -0.2) is 0 Å². The zero-order valence-electron chi connectivity index (χ0n) is 12.6. The number of halogens is 1. The second kappa shape index (κ2) is 6.50. The number of carbonyl (C=O) groups excluding carboxylic acids is 1. The summed E-state index contributed by atoms with van der Waals surface area (Å²) in [4.78, 5) is 22.4. The molecule has 0 radical (unpaired) electrons. The van der Waals surface area contributed by atoms with Crippen molar-refractivity contribution in [2.45, 2.75) is 19.4 Å². The molecule has 0 saturated carbocycles. The number of amides is 1. The minimum atomic E-state index is 0.289. The average Bonchev–Trinajstić information content (AvgIpc) is 2.85. The van der Waals surface area contributed by atoms with Gasteiger partial charge in [0.25, 0.3) is 0 Å². The van der Waals surface area contributed by atoms with E-state index < -0.39 is 0 Å². The smallest absolute Gasteiger partial charge is 0.224 e. The van der Waals surface area contributed by atoms with Gasteiger partial charge in [0.1, 0.15) is 0 Å². The molecule has 0 aliphatic carbocycles. The minimum Gasteiger partial charge on any atom is -0.353 e. The van der Waals surface area contributed by atoms with E-state index in [2.05, 4.69) is 43.8 Å². The number of piperazine rings is 1. The van der Waals surface area contributed by atoms with Gasteiger partial charge in [0.15, 0.2) is 0 Å². The largest absolute Gasteiger partial charge is 0.353 e. The van der Waals surface area contributed by atoms with E-state index in [1.165, 1.54) is 11.3 Å².